The fourth-order valence-electron chi connectivity index (χ4n) is 3.75. The van der Waals surface area contributed by atoms with Gasteiger partial charge in [0.25, 0.3) is 0 Å². The Morgan fingerprint density at radius 1 is 1.10 bits per heavy atom. The minimum atomic E-state index is -0.0157. The van der Waals surface area contributed by atoms with Crippen LogP contribution in [-0.4, -0.2) is 58.8 Å². The van der Waals surface area contributed by atoms with E-state index in [0.717, 1.165) is 36.1 Å². The van der Waals surface area contributed by atoms with Crippen molar-refractivity contribution in [2.24, 2.45) is 0 Å². The van der Waals surface area contributed by atoms with Crippen molar-refractivity contribution in [3.05, 3.63) is 59.4 Å². The maximum absolute atomic E-state index is 12.8. The average Bonchev–Trinajstić information content (AvgIpc) is 3.60. The van der Waals surface area contributed by atoms with E-state index in [1.807, 2.05) is 56.0 Å². The van der Waals surface area contributed by atoms with Crippen molar-refractivity contribution < 1.29 is 9.59 Å². The van der Waals surface area contributed by atoms with E-state index in [9.17, 15) is 9.59 Å². The van der Waals surface area contributed by atoms with Crippen molar-refractivity contribution in [2.45, 2.75) is 52.5 Å². The molecule has 1 heterocycles. The molecule has 1 N–H and O–H groups in total. The van der Waals surface area contributed by atoms with Gasteiger partial charge in [0.05, 0.1) is 6.54 Å². The molecule has 6 heteroatoms. The van der Waals surface area contributed by atoms with E-state index in [-0.39, 0.29) is 11.8 Å². The minimum Gasteiger partial charge on any atom is -0.343 e. The molecule has 1 aliphatic rings. The molecule has 1 aromatic carbocycles. The van der Waals surface area contributed by atoms with E-state index >= 15 is 0 Å². The highest BCUT2D eigenvalue weighted by Crippen LogP contribution is 2.27. The van der Waals surface area contributed by atoms with Crippen LogP contribution in [0.2, 0.25) is 0 Å². The summed E-state index contributed by atoms with van der Waals surface area (Å²) in [7, 11) is 0. The van der Waals surface area contributed by atoms with Crippen LogP contribution in [-0.2, 0) is 16.0 Å². The topological polar surface area (TPSA) is 65.5 Å². The van der Waals surface area contributed by atoms with Crippen molar-refractivity contribution in [3.63, 3.8) is 0 Å². The van der Waals surface area contributed by atoms with Crippen molar-refractivity contribution in [1.82, 2.24) is 14.8 Å². The molecule has 0 aliphatic heterocycles. The summed E-state index contributed by atoms with van der Waals surface area (Å²) < 4.78 is 0. The Labute approximate surface area is 185 Å². The maximum Gasteiger partial charge on any atom is 0.238 e. The molecule has 0 bridgehead atoms. The molecular formula is C25H34N4O2. The zero-order valence-corrected chi connectivity index (χ0v) is 18.9. The molecular weight excluding hydrogens is 388 g/mol. The zero-order chi connectivity index (χ0) is 22.2. The van der Waals surface area contributed by atoms with Gasteiger partial charge in [-0.15, -0.1) is 0 Å². The summed E-state index contributed by atoms with van der Waals surface area (Å²) in [6.45, 7) is 8.38. The summed E-state index contributed by atoms with van der Waals surface area (Å²) in [6, 6.07) is 10.5. The summed E-state index contributed by atoms with van der Waals surface area (Å²) >= 11 is 0. The van der Waals surface area contributed by atoms with Crippen LogP contribution in [0.25, 0.3) is 0 Å². The molecule has 1 fully saturated rings. The van der Waals surface area contributed by atoms with Gasteiger partial charge in [-0.1, -0.05) is 12.1 Å². The normalized spacial score (nSPS) is 13.3. The summed E-state index contributed by atoms with van der Waals surface area (Å²) in [5.41, 5.74) is 4.23. The summed E-state index contributed by atoms with van der Waals surface area (Å²) in [6.07, 6.45) is 7.04. The lowest BCUT2D eigenvalue weighted by Crippen LogP contribution is -2.39. The largest absolute Gasteiger partial charge is 0.343 e. The number of amides is 2. The summed E-state index contributed by atoms with van der Waals surface area (Å²) in [5.74, 6) is 0.134. The quantitative estimate of drug-likeness (QED) is 0.601. The summed E-state index contributed by atoms with van der Waals surface area (Å²) in [4.78, 5) is 33.6. The molecule has 0 atom stereocenters. The van der Waals surface area contributed by atoms with Gasteiger partial charge in [-0.2, -0.15) is 0 Å². The Hall–Kier alpha value is -2.73. The molecule has 2 amide bonds. The third kappa shape index (κ3) is 7.17. The lowest BCUT2D eigenvalue weighted by Gasteiger charge is -2.25. The number of rotatable bonds is 11. The number of aromatic nitrogens is 1. The number of likely N-dealkylation sites (N-methyl/N-ethyl adjacent to an activating group) is 1. The number of hydrogen-bond donors (Lipinski definition) is 1. The van der Waals surface area contributed by atoms with Crippen LogP contribution < -0.4 is 5.32 Å². The van der Waals surface area contributed by atoms with Crippen LogP contribution in [0.15, 0.2) is 42.7 Å². The number of carbonyl (C=O) groups is 2. The van der Waals surface area contributed by atoms with Gasteiger partial charge in [-0.25, -0.2) is 0 Å². The van der Waals surface area contributed by atoms with Crippen LogP contribution in [0, 0.1) is 13.8 Å². The SMILES string of the molecule is CCN(CCc1ccncc1)C(=O)CCN(CC(=O)Nc1cc(C)ccc1C)C1CC1. The molecule has 166 valence electrons. The van der Waals surface area contributed by atoms with Crippen molar-refractivity contribution in [1.29, 1.82) is 0 Å². The predicted octanol–water partition coefficient (Wildman–Crippen LogP) is 3.58. The first kappa shape index (κ1) is 22.9. The number of hydrogen-bond acceptors (Lipinski definition) is 4. The molecule has 1 saturated carbocycles. The number of anilines is 1. The first-order chi connectivity index (χ1) is 15.0. The van der Waals surface area contributed by atoms with Crippen LogP contribution >= 0.6 is 0 Å². The lowest BCUT2D eigenvalue weighted by atomic mass is 10.1. The Morgan fingerprint density at radius 3 is 2.52 bits per heavy atom. The third-order valence-electron chi connectivity index (χ3n) is 5.84. The molecule has 1 aromatic heterocycles. The van der Waals surface area contributed by atoms with E-state index in [1.165, 1.54) is 5.56 Å². The number of carbonyl (C=O) groups excluding carboxylic acids is 2. The Bertz CT molecular complexity index is 880. The first-order valence-corrected chi connectivity index (χ1v) is 11.2. The lowest BCUT2D eigenvalue weighted by molar-refractivity contribution is -0.131. The van der Waals surface area contributed by atoms with Gasteiger partial charge in [0.15, 0.2) is 0 Å². The van der Waals surface area contributed by atoms with Crippen molar-refractivity contribution in [2.75, 3.05) is 31.5 Å². The van der Waals surface area contributed by atoms with E-state index < -0.39 is 0 Å². The fraction of sp³-hybridized carbons (Fsp3) is 0.480. The fourth-order valence-corrected chi connectivity index (χ4v) is 3.75. The number of aryl methyl sites for hydroxylation is 2. The van der Waals surface area contributed by atoms with Crippen LogP contribution in [0.5, 0.6) is 0 Å². The second-order valence-corrected chi connectivity index (χ2v) is 8.40. The minimum absolute atomic E-state index is 0.0157. The van der Waals surface area contributed by atoms with E-state index in [1.54, 1.807) is 12.4 Å². The van der Waals surface area contributed by atoms with Gasteiger partial charge in [-0.05, 0) is 74.9 Å². The predicted molar refractivity (Wildman–Crippen MR) is 124 cm³/mol. The monoisotopic (exact) mass is 422 g/mol. The zero-order valence-electron chi connectivity index (χ0n) is 18.9. The van der Waals surface area contributed by atoms with Gasteiger partial charge >= 0.3 is 0 Å². The number of pyridine rings is 1. The van der Waals surface area contributed by atoms with E-state index in [2.05, 4.69) is 15.2 Å². The standard InChI is InChI=1S/C25H34N4O2/c1-4-28(15-11-21-9-13-26-14-10-21)25(31)12-16-29(22-7-8-22)18-24(30)27-23-17-19(2)5-6-20(23)3/h5-6,9-10,13-14,17,22H,4,7-8,11-12,15-16,18H2,1-3H3,(H,27,30). The van der Waals surface area contributed by atoms with Gasteiger partial charge in [0.2, 0.25) is 11.8 Å². The van der Waals surface area contributed by atoms with E-state index in [4.69, 9.17) is 0 Å². The molecule has 1 aliphatic carbocycles. The van der Waals surface area contributed by atoms with Crippen molar-refractivity contribution in [3.8, 4) is 0 Å². The van der Waals surface area contributed by atoms with Gasteiger partial charge in [0.1, 0.15) is 0 Å². The smallest absolute Gasteiger partial charge is 0.238 e. The molecule has 6 nitrogen and oxygen atoms in total. The molecule has 0 saturated heterocycles. The van der Waals surface area contributed by atoms with Crippen LogP contribution in [0.3, 0.4) is 0 Å². The van der Waals surface area contributed by atoms with Gasteiger partial charge < -0.3 is 10.2 Å². The molecule has 31 heavy (non-hydrogen) atoms. The second-order valence-electron chi connectivity index (χ2n) is 8.40. The van der Waals surface area contributed by atoms with Crippen LogP contribution in [0.4, 0.5) is 5.69 Å². The highest BCUT2D eigenvalue weighted by molar-refractivity contribution is 5.93. The molecule has 0 unspecified atom stereocenters. The maximum atomic E-state index is 12.8. The van der Waals surface area contributed by atoms with Gasteiger partial charge in [0, 0.05) is 50.2 Å². The van der Waals surface area contributed by atoms with Crippen LogP contribution in [0.1, 0.15) is 42.9 Å². The Morgan fingerprint density at radius 2 is 1.84 bits per heavy atom. The highest BCUT2D eigenvalue weighted by atomic mass is 16.2. The molecule has 0 spiro atoms. The molecule has 3 rings (SSSR count). The number of nitrogens with one attached hydrogen (secondary N) is 1. The Balaban J connectivity index is 1.49. The van der Waals surface area contributed by atoms with Gasteiger partial charge in [-0.3, -0.25) is 19.5 Å². The number of benzene rings is 1. The van der Waals surface area contributed by atoms with E-state index in [0.29, 0.717) is 38.6 Å². The highest BCUT2D eigenvalue weighted by Gasteiger charge is 2.30. The first-order valence-electron chi connectivity index (χ1n) is 11.2. The average molecular weight is 423 g/mol. The third-order valence-corrected chi connectivity index (χ3v) is 5.84. The molecule has 2 aromatic rings. The van der Waals surface area contributed by atoms with Crippen molar-refractivity contribution >= 4 is 17.5 Å². The number of nitrogens with zero attached hydrogens (tertiary/aromatic N) is 3. The molecule has 0 radical (unpaired) electrons. The Kier molecular flexibility index (Phi) is 8.18. The summed E-state index contributed by atoms with van der Waals surface area (Å²) in [5, 5.41) is 3.04. The second kappa shape index (κ2) is 11.0.